The first-order valence-electron chi connectivity index (χ1n) is 7.05. The molecule has 0 aliphatic heterocycles. The van der Waals surface area contributed by atoms with E-state index in [1.807, 2.05) is 31.2 Å². The van der Waals surface area contributed by atoms with E-state index in [2.05, 4.69) is 26.5 Å². The number of aromatic nitrogens is 4. The second-order valence-electron chi connectivity index (χ2n) is 4.97. The molecule has 3 N–H and O–H groups in total. The van der Waals surface area contributed by atoms with Crippen LogP contribution in [0.1, 0.15) is 16.7 Å². The Kier molecular flexibility index (Phi) is 3.89. The summed E-state index contributed by atoms with van der Waals surface area (Å²) < 4.78 is 1.50. The molecule has 2 aromatic heterocycles. The van der Waals surface area contributed by atoms with Crippen LogP contribution in [0, 0.1) is 18.3 Å². The van der Waals surface area contributed by atoms with Crippen molar-refractivity contribution in [3.63, 3.8) is 0 Å². The summed E-state index contributed by atoms with van der Waals surface area (Å²) in [7, 11) is 0. The van der Waals surface area contributed by atoms with Gasteiger partial charge in [-0.2, -0.15) is 20.3 Å². The van der Waals surface area contributed by atoms with Crippen molar-refractivity contribution < 1.29 is 0 Å². The summed E-state index contributed by atoms with van der Waals surface area (Å²) in [6.07, 6.45) is 3.31. The van der Waals surface area contributed by atoms with Gasteiger partial charge in [-0.25, -0.2) is 4.68 Å². The van der Waals surface area contributed by atoms with E-state index in [-0.39, 0.29) is 5.95 Å². The van der Waals surface area contributed by atoms with Crippen molar-refractivity contribution in [1.82, 2.24) is 19.7 Å². The van der Waals surface area contributed by atoms with Crippen molar-refractivity contribution in [1.29, 1.82) is 5.26 Å². The second-order valence-corrected chi connectivity index (χ2v) is 4.97. The van der Waals surface area contributed by atoms with Gasteiger partial charge >= 0.3 is 0 Å². The molecule has 114 valence electrons. The van der Waals surface area contributed by atoms with Gasteiger partial charge in [0.2, 0.25) is 5.95 Å². The number of nitrogens with one attached hydrogen (secondary N) is 1. The molecular formula is C16H15N7. The van der Waals surface area contributed by atoms with Gasteiger partial charge in [-0.05, 0) is 24.1 Å². The lowest BCUT2D eigenvalue weighted by Gasteiger charge is -2.12. The zero-order chi connectivity index (χ0) is 16.2. The van der Waals surface area contributed by atoms with Crippen molar-refractivity contribution in [2.45, 2.75) is 13.5 Å². The lowest BCUT2D eigenvalue weighted by Crippen LogP contribution is -2.12. The Morgan fingerprint density at radius 2 is 2.09 bits per heavy atom. The standard InChI is InChI=1S/C16H15N7/c1-11-5-2-3-6-12(11)10-19-14-13(9-17)15(22-16(18)21-14)23-8-4-7-20-23/h2-8H,10H2,1H3,(H3,18,19,21,22). The second kappa shape index (κ2) is 6.15. The molecule has 0 aliphatic carbocycles. The molecule has 0 radical (unpaired) electrons. The summed E-state index contributed by atoms with van der Waals surface area (Å²) in [5, 5.41) is 16.8. The maximum absolute atomic E-state index is 9.49. The molecule has 0 spiro atoms. The highest BCUT2D eigenvalue weighted by atomic mass is 15.3. The first kappa shape index (κ1) is 14.5. The van der Waals surface area contributed by atoms with Gasteiger partial charge in [0.25, 0.3) is 0 Å². The molecule has 0 fully saturated rings. The van der Waals surface area contributed by atoms with Crippen LogP contribution in [-0.2, 0) is 6.54 Å². The number of nitrogens with two attached hydrogens (primary N) is 1. The van der Waals surface area contributed by atoms with Gasteiger partial charge in [-0.1, -0.05) is 24.3 Å². The normalized spacial score (nSPS) is 10.3. The third-order valence-electron chi connectivity index (χ3n) is 3.45. The summed E-state index contributed by atoms with van der Waals surface area (Å²) in [5.74, 6) is 0.841. The highest BCUT2D eigenvalue weighted by Crippen LogP contribution is 2.21. The zero-order valence-corrected chi connectivity index (χ0v) is 12.6. The molecule has 0 saturated carbocycles. The quantitative estimate of drug-likeness (QED) is 0.764. The Labute approximate surface area is 133 Å². The van der Waals surface area contributed by atoms with E-state index in [0.29, 0.717) is 23.7 Å². The predicted octanol–water partition coefficient (Wildman–Crippen LogP) is 2.04. The summed E-state index contributed by atoms with van der Waals surface area (Å²) in [5.41, 5.74) is 8.36. The number of anilines is 2. The van der Waals surface area contributed by atoms with Crippen molar-refractivity contribution >= 4 is 11.8 Å². The van der Waals surface area contributed by atoms with Gasteiger partial charge in [0, 0.05) is 18.9 Å². The Morgan fingerprint density at radius 1 is 1.26 bits per heavy atom. The van der Waals surface area contributed by atoms with Gasteiger partial charge in [-0.15, -0.1) is 0 Å². The highest BCUT2D eigenvalue weighted by Gasteiger charge is 2.15. The maximum atomic E-state index is 9.49. The topological polar surface area (TPSA) is 105 Å². The number of hydrogen-bond donors (Lipinski definition) is 2. The molecule has 7 nitrogen and oxygen atoms in total. The first-order chi connectivity index (χ1) is 11.2. The van der Waals surface area contributed by atoms with Crippen molar-refractivity contribution in [2.75, 3.05) is 11.1 Å². The van der Waals surface area contributed by atoms with E-state index in [0.717, 1.165) is 11.1 Å². The molecule has 0 amide bonds. The van der Waals surface area contributed by atoms with E-state index in [9.17, 15) is 5.26 Å². The fourth-order valence-corrected chi connectivity index (χ4v) is 2.24. The van der Waals surface area contributed by atoms with Gasteiger partial charge in [-0.3, -0.25) is 0 Å². The third kappa shape index (κ3) is 2.96. The number of nitriles is 1. The summed E-state index contributed by atoms with van der Waals surface area (Å²) in [6.45, 7) is 2.57. The Bertz CT molecular complexity index is 863. The van der Waals surface area contributed by atoms with Crippen LogP contribution in [0.25, 0.3) is 5.82 Å². The van der Waals surface area contributed by atoms with Crippen LogP contribution in [0.5, 0.6) is 0 Å². The fourth-order valence-electron chi connectivity index (χ4n) is 2.24. The van der Waals surface area contributed by atoms with Crippen LogP contribution < -0.4 is 11.1 Å². The molecular weight excluding hydrogens is 290 g/mol. The summed E-state index contributed by atoms with van der Waals surface area (Å²) in [6, 6.07) is 11.9. The predicted molar refractivity (Wildman–Crippen MR) is 86.8 cm³/mol. The number of aryl methyl sites for hydroxylation is 1. The van der Waals surface area contributed by atoms with Crippen LogP contribution >= 0.6 is 0 Å². The fraction of sp³-hybridized carbons (Fsp3) is 0.125. The van der Waals surface area contributed by atoms with Crippen LogP contribution in [0.15, 0.2) is 42.7 Å². The van der Waals surface area contributed by atoms with Gasteiger partial charge in [0.15, 0.2) is 11.6 Å². The van der Waals surface area contributed by atoms with Crippen molar-refractivity contribution in [2.24, 2.45) is 0 Å². The Hall–Kier alpha value is -3.40. The lowest BCUT2D eigenvalue weighted by atomic mass is 10.1. The van der Waals surface area contributed by atoms with Gasteiger partial charge < -0.3 is 11.1 Å². The van der Waals surface area contributed by atoms with E-state index in [1.54, 1.807) is 18.5 Å². The van der Waals surface area contributed by atoms with E-state index in [4.69, 9.17) is 5.73 Å². The third-order valence-corrected chi connectivity index (χ3v) is 3.45. The molecule has 1 aromatic carbocycles. The molecule has 3 rings (SSSR count). The number of nitrogen functional groups attached to an aromatic ring is 1. The molecule has 0 atom stereocenters. The SMILES string of the molecule is Cc1ccccc1CNc1nc(N)nc(-n2cccn2)c1C#N. The minimum atomic E-state index is 0.0850. The first-order valence-corrected chi connectivity index (χ1v) is 7.05. The van der Waals surface area contributed by atoms with Crippen LogP contribution in [0.3, 0.4) is 0 Å². The number of rotatable bonds is 4. The van der Waals surface area contributed by atoms with Crippen LogP contribution in [-0.4, -0.2) is 19.7 Å². The average molecular weight is 305 g/mol. The van der Waals surface area contributed by atoms with E-state index >= 15 is 0 Å². The zero-order valence-electron chi connectivity index (χ0n) is 12.6. The van der Waals surface area contributed by atoms with Crippen LogP contribution in [0.4, 0.5) is 11.8 Å². The number of hydrogen-bond acceptors (Lipinski definition) is 6. The molecule has 0 bridgehead atoms. The number of nitrogens with zero attached hydrogens (tertiary/aromatic N) is 5. The Morgan fingerprint density at radius 3 is 2.78 bits per heavy atom. The van der Waals surface area contributed by atoms with Gasteiger partial charge in [0.05, 0.1) is 0 Å². The molecule has 23 heavy (non-hydrogen) atoms. The van der Waals surface area contributed by atoms with Crippen LogP contribution in [0.2, 0.25) is 0 Å². The van der Waals surface area contributed by atoms with Crippen molar-refractivity contribution in [3.8, 4) is 11.9 Å². The van der Waals surface area contributed by atoms with Crippen molar-refractivity contribution in [3.05, 3.63) is 59.4 Å². The molecule has 7 heteroatoms. The number of benzene rings is 1. The smallest absolute Gasteiger partial charge is 0.224 e. The molecule has 0 unspecified atom stereocenters. The largest absolute Gasteiger partial charge is 0.368 e. The molecule has 0 saturated heterocycles. The minimum absolute atomic E-state index is 0.0850. The lowest BCUT2D eigenvalue weighted by molar-refractivity contribution is 0.838. The molecule has 2 heterocycles. The average Bonchev–Trinajstić information content (AvgIpc) is 3.08. The summed E-state index contributed by atoms with van der Waals surface area (Å²) >= 11 is 0. The molecule has 3 aromatic rings. The monoisotopic (exact) mass is 305 g/mol. The minimum Gasteiger partial charge on any atom is -0.368 e. The van der Waals surface area contributed by atoms with E-state index < -0.39 is 0 Å². The Balaban J connectivity index is 1.96. The van der Waals surface area contributed by atoms with E-state index in [1.165, 1.54) is 4.68 Å². The maximum Gasteiger partial charge on any atom is 0.224 e. The summed E-state index contributed by atoms with van der Waals surface area (Å²) in [4.78, 5) is 8.28. The molecule has 0 aliphatic rings. The highest BCUT2D eigenvalue weighted by molar-refractivity contribution is 5.61. The van der Waals surface area contributed by atoms with Gasteiger partial charge in [0.1, 0.15) is 11.6 Å².